The molecule has 1 unspecified atom stereocenters. The summed E-state index contributed by atoms with van der Waals surface area (Å²) in [7, 11) is 0. The lowest BCUT2D eigenvalue weighted by Crippen LogP contribution is -2.45. The molecule has 1 saturated carbocycles. The zero-order valence-corrected chi connectivity index (χ0v) is 9.86. The number of fused-ring (bicyclic) bond motifs is 1. The Bertz CT molecular complexity index is 422. The van der Waals surface area contributed by atoms with Crippen LogP contribution in [-0.2, 0) is 0 Å². The number of ether oxygens (including phenoxy) is 1. The molecule has 0 aromatic heterocycles. The highest BCUT2D eigenvalue weighted by molar-refractivity contribution is 5.38. The van der Waals surface area contributed by atoms with Crippen LogP contribution in [0.2, 0.25) is 0 Å². The summed E-state index contributed by atoms with van der Waals surface area (Å²) >= 11 is 0. The predicted molar refractivity (Wildman–Crippen MR) is 62.4 cm³/mol. The molecule has 0 bridgehead atoms. The second-order valence-corrected chi connectivity index (χ2v) is 5.65. The Hall–Kier alpha value is -1.02. The van der Waals surface area contributed by atoms with Crippen molar-refractivity contribution in [1.29, 1.82) is 0 Å². The molecule has 1 fully saturated rings. The average molecular weight is 218 g/mol. The lowest BCUT2D eigenvalue weighted by molar-refractivity contribution is -0.0472. The Labute approximate surface area is 96.2 Å². The molecule has 2 nitrogen and oxygen atoms in total. The van der Waals surface area contributed by atoms with Gasteiger partial charge in [-0.15, -0.1) is 0 Å². The van der Waals surface area contributed by atoms with Crippen LogP contribution in [-0.4, -0.2) is 10.7 Å². The Kier molecular flexibility index (Phi) is 1.91. The number of hydrogen-bond acceptors (Lipinski definition) is 2. The minimum absolute atomic E-state index is 0.208. The van der Waals surface area contributed by atoms with Gasteiger partial charge >= 0.3 is 0 Å². The van der Waals surface area contributed by atoms with E-state index in [1.165, 1.54) is 12.8 Å². The topological polar surface area (TPSA) is 29.5 Å². The first kappa shape index (κ1) is 10.2. The molecule has 0 spiro atoms. The summed E-state index contributed by atoms with van der Waals surface area (Å²) in [5.74, 6) is 0.858. The maximum Gasteiger partial charge on any atom is 0.125 e. The number of rotatable bonds is 1. The highest BCUT2D eigenvalue weighted by Crippen LogP contribution is 2.59. The third kappa shape index (κ3) is 1.29. The molecule has 86 valence electrons. The van der Waals surface area contributed by atoms with Gasteiger partial charge in [-0.05, 0) is 25.8 Å². The summed E-state index contributed by atoms with van der Waals surface area (Å²) in [6.45, 7) is 4.40. The Balaban J connectivity index is 2.00. The van der Waals surface area contributed by atoms with E-state index in [9.17, 15) is 5.11 Å². The third-order valence-corrected chi connectivity index (χ3v) is 4.47. The summed E-state index contributed by atoms with van der Waals surface area (Å²) in [5, 5.41) is 10.2. The Morgan fingerprint density at radius 3 is 2.62 bits per heavy atom. The zero-order chi connectivity index (χ0) is 11.4. The van der Waals surface area contributed by atoms with Crippen LogP contribution in [0.25, 0.3) is 0 Å². The van der Waals surface area contributed by atoms with Crippen molar-refractivity contribution in [2.24, 2.45) is 5.41 Å². The number of benzene rings is 1. The van der Waals surface area contributed by atoms with Crippen LogP contribution in [0.5, 0.6) is 5.75 Å². The number of aliphatic hydroxyl groups is 1. The molecule has 2 aliphatic rings. The first-order chi connectivity index (χ1) is 7.54. The van der Waals surface area contributed by atoms with Crippen LogP contribution >= 0.6 is 0 Å². The van der Waals surface area contributed by atoms with Gasteiger partial charge < -0.3 is 9.84 Å². The molecule has 0 saturated heterocycles. The monoisotopic (exact) mass is 218 g/mol. The molecule has 3 rings (SSSR count). The average Bonchev–Trinajstić information content (AvgIpc) is 2.98. The normalized spacial score (nSPS) is 35.1. The fourth-order valence-corrected chi connectivity index (χ4v) is 2.70. The summed E-state index contributed by atoms with van der Waals surface area (Å²) in [4.78, 5) is 0. The van der Waals surface area contributed by atoms with Crippen molar-refractivity contribution in [1.82, 2.24) is 0 Å². The van der Waals surface area contributed by atoms with Crippen LogP contribution in [0.1, 0.15) is 44.8 Å². The van der Waals surface area contributed by atoms with E-state index < -0.39 is 0 Å². The molecule has 0 radical (unpaired) electrons. The van der Waals surface area contributed by atoms with Crippen molar-refractivity contribution < 1.29 is 9.84 Å². The van der Waals surface area contributed by atoms with Gasteiger partial charge in [-0.2, -0.15) is 0 Å². The van der Waals surface area contributed by atoms with E-state index in [1.54, 1.807) is 0 Å². The van der Waals surface area contributed by atoms with Crippen molar-refractivity contribution >= 4 is 0 Å². The first-order valence-corrected chi connectivity index (χ1v) is 6.00. The van der Waals surface area contributed by atoms with Crippen molar-refractivity contribution in [2.45, 2.75) is 44.8 Å². The van der Waals surface area contributed by atoms with E-state index in [0.717, 1.165) is 11.3 Å². The number of aliphatic hydroxyl groups excluding tert-OH is 1. The Morgan fingerprint density at radius 2 is 1.94 bits per heavy atom. The molecule has 1 aliphatic carbocycles. The molecule has 1 N–H and O–H groups in total. The maximum atomic E-state index is 10.2. The molecule has 1 heterocycles. The molecular formula is C14H18O2. The molecule has 1 aromatic rings. The van der Waals surface area contributed by atoms with E-state index >= 15 is 0 Å². The predicted octanol–water partition coefficient (Wildman–Crippen LogP) is 3.06. The summed E-state index contributed by atoms with van der Waals surface area (Å²) in [5.41, 5.74) is 0.978. The van der Waals surface area contributed by atoms with Gasteiger partial charge in [0.25, 0.3) is 0 Å². The second kappa shape index (κ2) is 3.01. The van der Waals surface area contributed by atoms with E-state index in [1.807, 2.05) is 24.3 Å². The number of hydrogen-bond donors (Lipinski definition) is 1. The van der Waals surface area contributed by atoms with Gasteiger partial charge in [-0.1, -0.05) is 25.1 Å². The fraction of sp³-hybridized carbons (Fsp3) is 0.571. The molecule has 2 heteroatoms. The molecule has 2 atom stereocenters. The van der Waals surface area contributed by atoms with E-state index in [4.69, 9.17) is 4.74 Å². The summed E-state index contributed by atoms with van der Waals surface area (Å²) in [6, 6.07) is 7.83. The largest absolute Gasteiger partial charge is 0.487 e. The lowest BCUT2D eigenvalue weighted by atomic mass is 9.79. The smallest absolute Gasteiger partial charge is 0.125 e. The van der Waals surface area contributed by atoms with Gasteiger partial charge in [0.15, 0.2) is 0 Å². The van der Waals surface area contributed by atoms with Crippen molar-refractivity contribution in [3.63, 3.8) is 0 Å². The maximum absolute atomic E-state index is 10.2. The quantitative estimate of drug-likeness (QED) is 0.785. The van der Waals surface area contributed by atoms with E-state index in [0.29, 0.717) is 6.42 Å². The van der Waals surface area contributed by atoms with E-state index in [-0.39, 0.29) is 17.1 Å². The van der Waals surface area contributed by atoms with Gasteiger partial charge in [-0.25, -0.2) is 0 Å². The van der Waals surface area contributed by atoms with Crippen molar-refractivity contribution in [3.05, 3.63) is 29.8 Å². The molecule has 0 amide bonds. The summed E-state index contributed by atoms with van der Waals surface area (Å²) < 4.78 is 6.16. The minimum atomic E-state index is -0.382. The number of para-hydroxylation sites is 1. The zero-order valence-electron chi connectivity index (χ0n) is 9.86. The minimum Gasteiger partial charge on any atom is -0.487 e. The van der Waals surface area contributed by atoms with Crippen LogP contribution in [0.3, 0.4) is 0 Å². The van der Waals surface area contributed by atoms with Crippen molar-refractivity contribution in [3.8, 4) is 5.75 Å². The van der Waals surface area contributed by atoms with Crippen LogP contribution in [0.4, 0.5) is 0 Å². The van der Waals surface area contributed by atoms with Crippen LogP contribution in [0, 0.1) is 5.41 Å². The highest BCUT2D eigenvalue weighted by Gasteiger charge is 2.57. The summed E-state index contributed by atoms with van der Waals surface area (Å²) in [6.07, 6.45) is 2.74. The third-order valence-electron chi connectivity index (χ3n) is 4.47. The van der Waals surface area contributed by atoms with Crippen molar-refractivity contribution in [2.75, 3.05) is 0 Å². The molecular weight excluding hydrogens is 200 g/mol. The van der Waals surface area contributed by atoms with Crippen LogP contribution < -0.4 is 4.74 Å². The fourth-order valence-electron chi connectivity index (χ4n) is 2.70. The Morgan fingerprint density at radius 1 is 1.25 bits per heavy atom. The molecule has 1 aliphatic heterocycles. The second-order valence-electron chi connectivity index (χ2n) is 5.65. The van der Waals surface area contributed by atoms with Gasteiger partial charge in [0.2, 0.25) is 0 Å². The highest BCUT2D eigenvalue weighted by atomic mass is 16.5. The van der Waals surface area contributed by atoms with E-state index in [2.05, 4.69) is 13.8 Å². The van der Waals surface area contributed by atoms with Gasteiger partial charge in [0, 0.05) is 17.4 Å². The van der Waals surface area contributed by atoms with Gasteiger partial charge in [0.1, 0.15) is 11.4 Å². The molecule has 16 heavy (non-hydrogen) atoms. The van der Waals surface area contributed by atoms with Gasteiger partial charge in [-0.3, -0.25) is 0 Å². The standard InChI is InChI=1S/C14H18O2/c1-13(7-8-13)14(2)9-11(15)10-5-3-4-6-12(10)16-14/h3-6,11,15H,7-9H2,1-2H3/t11-,14?/m1/s1. The van der Waals surface area contributed by atoms with Crippen LogP contribution in [0.15, 0.2) is 24.3 Å². The SMILES string of the molecule is CC1(C2(C)C[C@@H](O)c3ccccc3O2)CC1. The first-order valence-electron chi connectivity index (χ1n) is 6.00. The lowest BCUT2D eigenvalue weighted by Gasteiger charge is -2.42. The van der Waals surface area contributed by atoms with Gasteiger partial charge in [0.05, 0.1) is 6.10 Å². The molecule has 1 aromatic carbocycles.